The summed E-state index contributed by atoms with van der Waals surface area (Å²) in [6.45, 7) is 5.30. The fourth-order valence-corrected chi connectivity index (χ4v) is 2.47. The van der Waals surface area contributed by atoms with E-state index >= 15 is 0 Å². The predicted octanol–water partition coefficient (Wildman–Crippen LogP) is 1.07. The third-order valence-corrected chi connectivity index (χ3v) is 4.21. The molecule has 1 fully saturated rings. The summed E-state index contributed by atoms with van der Waals surface area (Å²) >= 11 is 0. The van der Waals surface area contributed by atoms with E-state index in [0.717, 1.165) is 6.42 Å². The first-order chi connectivity index (χ1) is 8.49. The van der Waals surface area contributed by atoms with E-state index in [1.54, 1.807) is 4.90 Å². The fraction of sp³-hybridized carbons (Fsp3) is 0.846. The standard InChI is InChI=1S/C13H24N2O3/c1-3-10(8-14)7-11(16)15-6-5-13(4-2,9-15)12(17)18/h10H,3-9,14H2,1-2H3,(H,17,18). The van der Waals surface area contributed by atoms with E-state index in [4.69, 9.17) is 5.73 Å². The van der Waals surface area contributed by atoms with Crippen molar-refractivity contribution in [2.45, 2.75) is 39.5 Å². The molecule has 0 saturated carbocycles. The van der Waals surface area contributed by atoms with E-state index in [1.165, 1.54) is 0 Å². The Balaban J connectivity index is 2.60. The number of hydrogen-bond acceptors (Lipinski definition) is 3. The number of carbonyl (C=O) groups is 2. The van der Waals surface area contributed by atoms with Gasteiger partial charge in [-0.05, 0) is 25.3 Å². The van der Waals surface area contributed by atoms with Gasteiger partial charge in [0.2, 0.25) is 5.91 Å². The predicted molar refractivity (Wildman–Crippen MR) is 69.0 cm³/mol. The number of carboxylic acid groups (broad SMARTS) is 1. The zero-order valence-corrected chi connectivity index (χ0v) is 11.3. The molecule has 0 aromatic rings. The molecular formula is C13H24N2O3. The first kappa shape index (κ1) is 15.0. The van der Waals surface area contributed by atoms with Gasteiger partial charge in [0, 0.05) is 19.5 Å². The van der Waals surface area contributed by atoms with Crippen LogP contribution in [0.1, 0.15) is 39.5 Å². The minimum atomic E-state index is -0.786. The maximum atomic E-state index is 12.1. The van der Waals surface area contributed by atoms with E-state index in [1.807, 2.05) is 13.8 Å². The molecule has 18 heavy (non-hydrogen) atoms. The van der Waals surface area contributed by atoms with Crippen molar-refractivity contribution >= 4 is 11.9 Å². The molecule has 1 saturated heterocycles. The molecule has 5 heteroatoms. The molecule has 0 bridgehead atoms. The quantitative estimate of drug-likeness (QED) is 0.744. The lowest BCUT2D eigenvalue weighted by molar-refractivity contribution is -0.148. The van der Waals surface area contributed by atoms with E-state index in [2.05, 4.69) is 0 Å². The van der Waals surface area contributed by atoms with E-state index in [-0.39, 0.29) is 11.8 Å². The van der Waals surface area contributed by atoms with Crippen LogP contribution in [0.2, 0.25) is 0 Å². The van der Waals surface area contributed by atoms with Crippen LogP contribution in [0.15, 0.2) is 0 Å². The molecule has 1 amide bonds. The van der Waals surface area contributed by atoms with Crippen molar-refractivity contribution in [3.8, 4) is 0 Å². The van der Waals surface area contributed by atoms with Gasteiger partial charge in [0.1, 0.15) is 0 Å². The summed E-state index contributed by atoms with van der Waals surface area (Å²) in [5.74, 6) is -0.533. The Bertz CT molecular complexity index is 315. The van der Waals surface area contributed by atoms with Crippen LogP contribution in [-0.4, -0.2) is 41.5 Å². The van der Waals surface area contributed by atoms with Crippen molar-refractivity contribution in [2.75, 3.05) is 19.6 Å². The van der Waals surface area contributed by atoms with Gasteiger partial charge in [-0.25, -0.2) is 0 Å². The fourth-order valence-electron chi connectivity index (χ4n) is 2.47. The maximum absolute atomic E-state index is 12.1. The molecule has 0 aromatic carbocycles. The van der Waals surface area contributed by atoms with Gasteiger partial charge in [-0.15, -0.1) is 0 Å². The highest BCUT2D eigenvalue weighted by Gasteiger charge is 2.44. The lowest BCUT2D eigenvalue weighted by Gasteiger charge is -2.24. The van der Waals surface area contributed by atoms with Crippen molar-refractivity contribution < 1.29 is 14.7 Å². The number of rotatable bonds is 6. The number of likely N-dealkylation sites (tertiary alicyclic amines) is 1. The largest absolute Gasteiger partial charge is 0.481 e. The Morgan fingerprint density at radius 2 is 2.11 bits per heavy atom. The van der Waals surface area contributed by atoms with Gasteiger partial charge < -0.3 is 15.7 Å². The molecule has 0 spiro atoms. The summed E-state index contributed by atoms with van der Waals surface area (Å²) in [7, 11) is 0. The van der Waals surface area contributed by atoms with Crippen LogP contribution in [0.25, 0.3) is 0 Å². The summed E-state index contributed by atoms with van der Waals surface area (Å²) in [5.41, 5.74) is 4.86. The Morgan fingerprint density at radius 3 is 2.50 bits per heavy atom. The van der Waals surface area contributed by atoms with Gasteiger partial charge >= 0.3 is 5.97 Å². The van der Waals surface area contributed by atoms with Gasteiger partial charge in [0.05, 0.1) is 5.41 Å². The molecule has 1 heterocycles. The molecule has 3 N–H and O–H groups in total. The number of hydrogen-bond donors (Lipinski definition) is 2. The average Bonchev–Trinajstić information content (AvgIpc) is 2.81. The Kier molecular flexibility index (Phi) is 5.14. The van der Waals surface area contributed by atoms with Crippen molar-refractivity contribution in [2.24, 2.45) is 17.1 Å². The molecule has 1 rings (SSSR count). The number of carbonyl (C=O) groups excluding carboxylic acids is 1. The normalized spacial score (nSPS) is 25.2. The van der Waals surface area contributed by atoms with Gasteiger partial charge in [-0.2, -0.15) is 0 Å². The molecule has 0 aliphatic carbocycles. The first-order valence-corrected chi connectivity index (χ1v) is 6.70. The summed E-state index contributed by atoms with van der Waals surface area (Å²) in [5, 5.41) is 9.28. The molecule has 0 aromatic heterocycles. The second-order valence-corrected chi connectivity index (χ2v) is 5.22. The molecule has 1 aliphatic heterocycles. The van der Waals surface area contributed by atoms with Gasteiger partial charge in [-0.3, -0.25) is 9.59 Å². The summed E-state index contributed by atoms with van der Waals surface area (Å²) in [6.07, 6.45) is 2.45. The lowest BCUT2D eigenvalue weighted by atomic mass is 9.84. The number of aliphatic carboxylic acids is 1. The average molecular weight is 256 g/mol. The van der Waals surface area contributed by atoms with Gasteiger partial charge in [-0.1, -0.05) is 20.3 Å². The lowest BCUT2D eigenvalue weighted by Crippen LogP contribution is -2.37. The highest BCUT2D eigenvalue weighted by molar-refractivity contribution is 5.80. The number of carboxylic acids is 1. The van der Waals surface area contributed by atoms with E-state index < -0.39 is 11.4 Å². The van der Waals surface area contributed by atoms with Crippen LogP contribution in [0, 0.1) is 11.3 Å². The zero-order valence-electron chi connectivity index (χ0n) is 11.3. The van der Waals surface area contributed by atoms with Crippen LogP contribution in [0.4, 0.5) is 0 Å². The van der Waals surface area contributed by atoms with Crippen molar-refractivity contribution in [3.63, 3.8) is 0 Å². The molecule has 0 radical (unpaired) electrons. The van der Waals surface area contributed by atoms with Crippen LogP contribution in [-0.2, 0) is 9.59 Å². The molecule has 5 nitrogen and oxygen atoms in total. The van der Waals surface area contributed by atoms with Gasteiger partial charge in [0.25, 0.3) is 0 Å². The van der Waals surface area contributed by atoms with Crippen molar-refractivity contribution in [1.29, 1.82) is 0 Å². The SMILES string of the molecule is CCC(CN)CC(=O)N1CCC(CC)(C(=O)O)C1. The first-order valence-electron chi connectivity index (χ1n) is 6.70. The van der Waals surface area contributed by atoms with Crippen LogP contribution in [0.3, 0.4) is 0 Å². The van der Waals surface area contributed by atoms with Crippen molar-refractivity contribution in [3.05, 3.63) is 0 Å². The number of nitrogens with two attached hydrogens (primary N) is 1. The van der Waals surface area contributed by atoms with Crippen molar-refractivity contribution in [1.82, 2.24) is 4.90 Å². The Morgan fingerprint density at radius 1 is 1.44 bits per heavy atom. The minimum Gasteiger partial charge on any atom is -0.481 e. The number of amides is 1. The van der Waals surface area contributed by atoms with Crippen LogP contribution >= 0.6 is 0 Å². The summed E-state index contributed by atoms with van der Waals surface area (Å²) in [4.78, 5) is 25.1. The second-order valence-electron chi connectivity index (χ2n) is 5.22. The molecule has 104 valence electrons. The maximum Gasteiger partial charge on any atom is 0.311 e. The summed E-state index contributed by atoms with van der Waals surface area (Å²) in [6, 6.07) is 0. The van der Waals surface area contributed by atoms with Gasteiger partial charge in [0.15, 0.2) is 0 Å². The topological polar surface area (TPSA) is 83.6 Å². The van der Waals surface area contributed by atoms with E-state index in [0.29, 0.717) is 38.9 Å². The third-order valence-electron chi connectivity index (χ3n) is 4.21. The van der Waals surface area contributed by atoms with Crippen LogP contribution < -0.4 is 5.73 Å². The Labute approximate surface area is 108 Å². The zero-order chi connectivity index (χ0) is 13.8. The van der Waals surface area contributed by atoms with Crippen LogP contribution in [0.5, 0.6) is 0 Å². The second kappa shape index (κ2) is 6.18. The van der Waals surface area contributed by atoms with E-state index in [9.17, 15) is 14.7 Å². The third kappa shape index (κ3) is 3.02. The monoisotopic (exact) mass is 256 g/mol. The minimum absolute atomic E-state index is 0.0453. The highest BCUT2D eigenvalue weighted by Crippen LogP contribution is 2.34. The molecule has 2 unspecified atom stereocenters. The molecule has 2 atom stereocenters. The number of nitrogens with zero attached hydrogens (tertiary/aromatic N) is 1. The molecule has 1 aliphatic rings. The molecular weight excluding hydrogens is 232 g/mol. The Hall–Kier alpha value is -1.10. The summed E-state index contributed by atoms with van der Waals surface area (Å²) < 4.78 is 0. The highest BCUT2D eigenvalue weighted by atomic mass is 16.4. The smallest absolute Gasteiger partial charge is 0.311 e.